The third-order valence-electron chi connectivity index (χ3n) is 4.25. The number of aliphatic imine (C=N–C) groups is 1. The van der Waals surface area contributed by atoms with E-state index >= 15 is 0 Å². The first-order valence-electron chi connectivity index (χ1n) is 9.04. The number of nitrogens with one attached hydrogen (secondary N) is 1. The molecular formula is C19H32IN5. The summed E-state index contributed by atoms with van der Waals surface area (Å²) < 4.78 is 0. The van der Waals surface area contributed by atoms with Crippen LogP contribution in [0.2, 0.25) is 0 Å². The van der Waals surface area contributed by atoms with Crippen molar-refractivity contribution in [2.75, 3.05) is 38.1 Å². The summed E-state index contributed by atoms with van der Waals surface area (Å²) in [5, 5.41) is 3.37. The number of rotatable bonds is 8. The van der Waals surface area contributed by atoms with Gasteiger partial charge in [0.05, 0.1) is 6.54 Å². The predicted molar refractivity (Wildman–Crippen MR) is 118 cm³/mol. The second-order valence-electron chi connectivity index (χ2n) is 6.24. The van der Waals surface area contributed by atoms with E-state index in [4.69, 9.17) is 4.99 Å². The molecule has 1 aromatic rings. The van der Waals surface area contributed by atoms with Crippen molar-refractivity contribution in [3.63, 3.8) is 0 Å². The van der Waals surface area contributed by atoms with Gasteiger partial charge < -0.3 is 15.1 Å². The molecule has 2 rings (SSSR count). The number of pyridine rings is 1. The summed E-state index contributed by atoms with van der Waals surface area (Å²) in [6, 6.07) is 4.24. The number of hydrogen-bond donors (Lipinski definition) is 1. The molecule has 1 aliphatic rings. The van der Waals surface area contributed by atoms with Crippen molar-refractivity contribution in [2.24, 2.45) is 4.99 Å². The van der Waals surface area contributed by atoms with Gasteiger partial charge in [-0.05, 0) is 50.3 Å². The number of anilines is 1. The maximum absolute atomic E-state index is 4.79. The van der Waals surface area contributed by atoms with E-state index in [0.717, 1.165) is 50.8 Å². The third kappa shape index (κ3) is 7.22. The molecule has 1 aromatic heterocycles. The Hall–Kier alpha value is -1.31. The van der Waals surface area contributed by atoms with Crippen molar-refractivity contribution >= 4 is 35.8 Å². The summed E-state index contributed by atoms with van der Waals surface area (Å²) >= 11 is 0. The van der Waals surface area contributed by atoms with Gasteiger partial charge in [-0.15, -0.1) is 30.6 Å². The molecular weight excluding hydrogens is 425 g/mol. The first kappa shape index (κ1) is 21.7. The van der Waals surface area contributed by atoms with Crippen LogP contribution in [0.25, 0.3) is 0 Å². The molecule has 140 valence electrons. The molecule has 0 saturated carbocycles. The largest absolute Gasteiger partial charge is 0.357 e. The van der Waals surface area contributed by atoms with Gasteiger partial charge in [0.2, 0.25) is 0 Å². The third-order valence-corrected chi connectivity index (χ3v) is 4.25. The lowest BCUT2D eigenvalue weighted by molar-refractivity contribution is 0.470. The van der Waals surface area contributed by atoms with Gasteiger partial charge in [0.15, 0.2) is 5.96 Å². The van der Waals surface area contributed by atoms with Crippen LogP contribution in [-0.2, 0) is 6.54 Å². The predicted octanol–water partition coefficient (Wildman–Crippen LogP) is 3.66. The Morgan fingerprint density at radius 3 is 2.88 bits per heavy atom. The van der Waals surface area contributed by atoms with Crippen LogP contribution in [0.15, 0.2) is 36.0 Å². The average Bonchev–Trinajstić information content (AvgIpc) is 3.13. The number of nitrogens with zero attached hydrogens (tertiary/aromatic N) is 4. The molecule has 1 fully saturated rings. The van der Waals surface area contributed by atoms with Crippen LogP contribution in [0.1, 0.15) is 38.2 Å². The molecule has 1 N–H and O–H groups in total. The number of hydrogen-bond acceptors (Lipinski definition) is 3. The minimum atomic E-state index is 0. The van der Waals surface area contributed by atoms with Gasteiger partial charge in [-0.2, -0.15) is 0 Å². The Balaban J connectivity index is 0.00000312. The van der Waals surface area contributed by atoms with Gasteiger partial charge >= 0.3 is 0 Å². The second kappa shape index (κ2) is 12.1. The molecule has 0 atom stereocenters. The molecule has 2 heterocycles. The number of aromatic nitrogens is 1. The lowest BCUT2D eigenvalue weighted by Gasteiger charge is -2.22. The molecule has 1 aliphatic heterocycles. The van der Waals surface area contributed by atoms with Crippen LogP contribution in [-0.4, -0.2) is 49.1 Å². The molecule has 5 nitrogen and oxygen atoms in total. The van der Waals surface area contributed by atoms with Gasteiger partial charge in [0.1, 0.15) is 5.82 Å². The van der Waals surface area contributed by atoms with E-state index in [9.17, 15) is 0 Å². The van der Waals surface area contributed by atoms with Crippen LogP contribution in [0, 0.1) is 0 Å². The highest BCUT2D eigenvalue weighted by atomic mass is 127. The highest BCUT2D eigenvalue weighted by molar-refractivity contribution is 14.0. The first-order valence-corrected chi connectivity index (χ1v) is 9.04. The van der Waals surface area contributed by atoms with Crippen LogP contribution >= 0.6 is 24.0 Å². The first-order chi connectivity index (χ1) is 11.7. The van der Waals surface area contributed by atoms with Crippen molar-refractivity contribution in [1.29, 1.82) is 0 Å². The standard InChI is InChI=1S/C19H31N5.HI/c1-4-6-7-12-23(3)19(20-5-2)22-16-17-10-11-21-18(15-17)24-13-8-9-14-24;/h4,10-11,15H,1,5-9,12-14,16H2,2-3H3,(H,20,22);1H. The maximum atomic E-state index is 4.79. The van der Waals surface area contributed by atoms with Gasteiger partial charge in [0.25, 0.3) is 0 Å². The quantitative estimate of drug-likeness (QED) is 0.213. The molecule has 1 saturated heterocycles. The molecule has 0 bridgehead atoms. The Bertz CT molecular complexity index is 540. The van der Waals surface area contributed by atoms with Crippen molar-refractivity contribution < 1.29 is 0 Å². The summed E-state index contributed by atoms with van der Waals surface area (Å²) in [5.74, 6) is 2.05. The number of allylic oxidation sites excluding steroid dienone is 1. The van der Waals surface area contributed by atoms with E-state index in [1.54, 1.807) is 0 Å². The zero-order valence-electron chi connectivity index (χ0n) is 15.6. The highest BCUT2D eigenvalue weighted by Gasteiger charge is 2.13. The smallest absolute Gasteiger partial charge is 0.193 e. The molecule has 0 aliphatic carbocycles. The lowest BCUT2D eigenvalue weighted by atomic mass is 10.2. The average molecular weight is 457 g/mol. The fourth-order valence-electron chi connectivity index (χ4n) is 2.89. The van der Waals surface area contributed by atoms with Gasteiger partial charge in [-0.25, -0.2) is 9.98 Å². The fraction of sp³-hybridized carbons (Fsp3) is 0.579. The highest BCUT2D eigenvalue weighted by Crippen LogP contribution is 2.18. The Kier molecular flexibility index (Phi) is 10.5. The van der Waals surface area contributed by atoms with E-state index in [0.29, 0.717) is 6.54 Å². The van der Waals surface area contributed by atoms with E-state index < -0.39 is 0 Å². The summed E-state index contributed by atoms with van der Waals surface area (Å²) in [4.78, 5) is 13.9. The van der Waals surface area contributed by atoms with Crippen LogP contribution in [0.5, 0.6) is 0 Å². The van der Waals surface area contributed by atoms with Gasteiger partial charge in [0, 0.05) is 39.4 Å². The van der Waals surface area contributed by atoms with Crippen molar-refractivity contribution in [1.82, 2.24) is 15.2 Å². The van der Waals surface area contributed by atoms with Crippen molar-refractivity contribution in [3.8, 4) is 0 Å². The van der Waals surface area contributed by atoms with Crippen LogP contribution in [0.4, 0.5) is 5.82 Å². The summed E-state index contributed by atoms with van der Waals surface area (Å²) in [7, 11) is 2.09. The van der Waals surface area contributed by atoms with E-state index in [1.165, 1.54) is 18.4 Å². The Labute approximate surface area is 169 Å². The topological polar surface area (TPSA) is 43.8 Å². The van der Waals surface area contributed by atoms with E-state index in [2.05, 4.69) is 52.8 Å². The molecule has 0 amide bonds. The zero-order chi connectivity index (χ0) is 17.2. The van der Waals surface area contributed by atoms with E-state index in [1.807, 2.05) is 12.3 Å². The lowest BCUT2D eigenvalue weighted by Crippen LogP contribution is -2.39. The van der Waals surface area contributed by atoms with Crippen molar-refractivity contribution in [3.05, 3.63) is 36.5 Å². The number of unbranched alkanes of at least 4 members (excludes halogenated alkanes) is 1. The van der Waals surface area contributed by atoms with Crippen LogP contribution in [0.3, 0.4) is 0 Å². The minimum Gasteiger partial charge on any atom is -0.357 e. The summed E-state index contributed by atoms with van der Waals surface area (Å²) in [6.45, 7) is 10.7. The van der Waals surface area contributed by atoms with Gasteiger partial charge in [-0.1, -0.05) is 6.08 Å². The monoisotopic (exact) mass is 457 g/mol. The molecule has 0 aromatic carbocycles. The van der Waals surface area contributed by atoms with Gasteiger partial charge in [-0.3, -0.25) is 0 Å². The molecule has 6 heteroatoms. The molecule has 25 heavy (non-hydrogen) atoms. The normalized spacial score (nSPS) is 14.2. The Morgan fingerprint density at radius 2 is 2.20 bits per heavy atom. The van der Waals surface area contributed by atoms with E-state index in [-0.39, 0.29) is 24.0 Å². The van der Waals surface area contributed by atoms with Crippen molar-refractivity contribution in [2.45, 2.75) is 39.2 Å². The number of halogens is 1. The SMILES string of the molecule is C=CCCCN(C)C(=NCc1ccnc(N2CCCC2)c1)NCC.I. The zero-order valence-corrected chi connectivity index (χ0v) is 17.9. The molecule has 0 unspecified atom stereocenters. The number of guanidine groups is 1. The summed E-state index contributed by atoms with van der Waals surface area (Å²) in [6.07, 6.45) is 8.54. The maximum Gasteiger partial charge on any atom is 0.193 e. The molecule has 0 spiro atoms. The van der Waals surface area contributed by atoms with Crippen LogP contribution < -0.4 is 10.2 Å². The minimum absolute atomic E-state index is 0. The molecule has 0 radical (unpaired) electrons. The summed E-state index contributed by atoms with van der Waals surface area (Å²) in [5.41, 5.74) is 1.21. The fourth-order valence-corrected chi connectivity index (χ4v) is 2.89. The second-order valence-corrected chi connectivity index (χ2v) is 6.24. The Morgan fingerprint density at radius 1 is 1.44 bits per heavy atom.